The number of hydrogen-bond acceptors (Lipinski definition) is 5. The van der Waals surface area contributed by atoms with E-state index in [2.05, 4.69) is 10.2 Å². The molecule has 1 fully saturated rings. The Kier molecular flexibility index (Phi) is 6.75. The van der Waals surface area contributed by atoms with E-state index >= 15 is 0 Å². The summed E-state index contributed by atoms with van der Waals surface area (Å²) in [7, 11) is 0. The number of likely N-dealkylation sites (tertiary alicyclic amines) is 1. The van der Waals surface area contributed by atoms with E-state index in [-0.39, 0.29) is 18.1 Å². The predicted molar refractivity (Wildman–Crippen MR) is 113 cm³/mol. The van der Waals surface area contributed by atoms with Crippen molar-refractivity contribution in [2.24, 2.45) is 0 Å². The Morgan fingerprint density at radius 1 is 1.30 bits per heavy atom. The van der Waals surface area contributed by atoms with Crippen molar-refractivity contribution >= 4 is 12.0 Å². The van der Waals surface area contributed by atoms with E-state index in [0.717, 1.165) is 37.4 Å². The van der Waals surface area contributed by atoms with Gasteiger partial charge in [-0.25, -0.2) is 4.79 Å². The van der Waals surface area contributed by atoms with Gasteiger partial charge in [0, 0.05) is 24.7 Å². The van der Waals surface area contributed by atoms with E-state index in [4.69, 9.17) is 9.47 Å². The van der Waals surface area contributed by atoms with Crippen molar-refractivity contribution in [3.8, 4) is 11.5 Å². The highest BCUT2D eigenvalue weighted by Gasteiger charge is 2.36. The molecule has 2 heterocycles. The highest BCUT2D eigenvalue weighted by Crippen LogP contribution is 2.31. The van der Waals surface area contributed by atoms with Gasteiger partial charge in [-0.2, -0.15) is 0 Å². The standard InChI is InChI=1S/C22H33N3O5/c1-15(25(21(27)28)22(2,3)4)20(26)23-16-8-7-11-24(12-16)13-17-14-29-18-9-5-6-10-19(18)30-17/h5-6,9-10,15-17H,7-8,11-14H2,1-4H3,(H,23,26)(H,27,28)/t15-,16+,17+/m1/s1. The molecule has 1 aromatic rings. The van der Waals surface area contributed by atoms with Crippen LogP contribution in [0, 0.1) is 0 Å². The van der Waals surface area contributed by atoms with Crippen LogP contribution in [0.4, 0.5) is 4.79 Å². The lowest BCUT2D eigenvalue weighted by atomic mass is 10.0. The van der Waals surface area contributed by atoms with Crippen LogP contribution in [0.5, 0.6) is 11.5 Å². The molecule has 8 nitrogen and oxygen atoms in total. The van der Waals surface area contributed by atoms with Gasteiger partial charge in [0.05, 0.1) is 0 Å². The molecule has 30 heavy (non-hydrogen) atoms. The molecule has 2 amide bonds. The second-order valence-corrected chi connectivity index (χ2v) is 9.10. The van der Waals surface area contributed by atoms with Crippen LogP contribution in [-0.2, 0) is 4.79 Å². The normalized spacial score (nSPS) is 22.8. The Hall–Kier alpha value is -2.48. The minimum atomic E-state index is -1.09. The molecule has 0 radical (unpaired) electrons. The zero-order valence-corrected chi connectivity index (χ0v) is 18.3. The average Bonchev–Trinajstić information content (AvgIpc) is 2.66. The highest BCUT2D eigenvalue weighted by atomic mass is 16.6. The van der Waals surface area contributed by atoms with Crippen LogP contribution in [0.1, 0.15) is 40.5 Å². The van der Waals surface area contributed by atoms with Crippen LogP contribution < -0.4 is 14.8 Å². The first-order valence-electron chi connectivity index (χ1n) is 10.6. The van der Waals surface area contributed by atoms with Gasteiger partial charge >= 0.3 is 6.09 Å². The molecule has 3 rings (SSSR count). The number of nitrogens with zero attached hydrogens (tertiary/aromatic N) is 2. The lowest BCUT2D eigenvalue weighted by Crippen LogP contribution is -2.58. The molecule has 8 heteroatoms. The average molecular weight is 420 g/mol. The van der Waals surface area contributed by atoms with Gasteiger partial charge in [-0.15, -0.1) is 0 Å². The Morgan fingerprint density at radius 3 is 2.67 bits per heavy atom. The summed E-state index contributed by atoms with van der Waals surface area (Å²) in [5, 5.41) is 12.6. The van der Waals surface area contributed by atoms with Gasteiger partial charge in [0.15, 0.2) is 11.5 Å². The third-order valence-corrected chi connectivity index (χ3v) is 5.58. The monoisotopic (exact) mass is 419 g/mol. The number of fused-ring (bicyclic) bond motifs is 1. The molecule has 0 bridgehead atoms. The first-order valence-corrected chi connectivity index (χ1v) is 10.6. The quantitative estimate of drug-likeness (QED) is 0.762. The molecule has 1 aromatic carbocycles. The summed E-state index contributed by atoms with van der Waals surface area (Å²) >= 11 is 0. The van der Waals surface area contributed by atoms with Gasteiger partial charge in [-0.05, 0) is 59.2 Å². The Bertz CT molecular complexity index is 763. The summed E-state index contributed by atoms with van der Waals surface area (Å²) in [5.41, 5.74) is -0.657. The first kappa shape index (κ1) is 22.2. The third kappa shape index (κ3) is 5.36. The fraction of sp³-hybridized carbons (Fsp3) is 0.636. The number of amides is 2. The molecular formula is C22H33N3O5. The van der Waals surface area contributed by atoms with Crippen LogP contribution in [-0.4, -0.2) is 76.9 Å². The lowest BCUT2D eigenvalue weighted by molar-refractivity contribution is -0.128. The van der Waals surface area contributed by atoms with E-state index in [9.17, 15) is 14.7 Å². The summed E-state index contributed by atoms with van der Waals surface area (Å²) < 4.78 is 11.9. The van der Waals surface area contributed by atoms with E-state index in [1.165, 1.54) is 4.90 Å². The van der Waals surface area contributed by atoms with Crippen molar-refractivity contribution in [2.75, 3.05) is 26.2 Å². The Balaban J connectivity index is 1.53. The number of benzene rings is 1. The largest absolute Gasteiger partial charge is 0.486 e. The topological polar surface area (TPSA) is 91.3 Å². The van der Waals surface area contributed by atoms with Gasteiger partial charge in [0.25, 0.3) is 0 Å². The third-order valence-electron chi connectivity index (χ3n) is 5.58. The maximum Gasteiger partial charge on any atom is 0.408 e. The molecule has 0 spiro atoms. The summed E-state index contributed by atoms with van der Waals surface area (Å²) in [6.45, 7) is 9.88. The van der Waals surface area contributed by atoms with Crippen molar-refractivity contribution in [3.05, 3.63) is 24.3 Å². The maximum absolute atomic E-state index is 12.8. The molecule has 3 atom stereocenters. The number of carbonyl (C=O) groups is 2. The van der Waals surface area contributed by atoms with Gasteiger partial charge in [0.1, 0.15) is 18.8 Å². The van der Waals surface area contributed by atoms with Gasteiger partial charge in [-0.3, -0.25) is 14.6 Å². The number of carbonyl (C=O) groups excluding carboxylic acids is 1. The molecule has 2 aliphatic heterocycles. The molecule has 0 aromatic heterocycles. The van der Waals surface area contributed by atoms with Crippen molar-refractivity contribution in [1.82, 2.24) is 15.1 Å². The molecule has 0 aliphatic carbocycles. The fourth-order valence-corrected chi connectivity index (χ4v) is 4.25. The number of rotatable bonds is 5. The lowest BCUT2D eigenvalue weighted by Gasteiger charge is -2.39. The number of nitrogens with one attached hydrogen (secondary N) is 1. The minimum absolute atomic E-state index is 0.0129. The summed E-state index contributed by atoms with van der Waals surface area (Å²) in [5.74, 6) is 1.28. The molecule has 166 valence electrons. The SMILES string of the molecule is C[C@H](C(=O)N[C@H]1CCCN(C[C@H]2COc3ccccc3O2)C1)N(C(=O)O)C(C)(C)C. The molecule has 2 N–H and O–H groups in total. The summed E-state index contributed by atoms with van der Waals surface area (Å²) in [6, 6.07) is 6.89. The summed E-state index contributed by atoms with van der Waals surface area (Å²) in [6.07, 6.45) is 0.690. The van der Waals surface area contributed by atoms with Crippen LogP contribution in [0.15, 0.2) is 24.3 Å². The van der Waals surface area contributed by atoms with Crippen LogP contribution in [0.3, 0.4) is 0 Å². The van der Waals surface area contributed by atoms with Gasteiger partial charge < -0.3 is 19.9 Å². The summed E-state index contributed by atoms with van der Waals surface area (Å²) in [4.78, 5) is 27.9. The molecular weight excluding hydrogens is 386 g/mol. The van der Waals surface area contributed by atoms with Crippen LogP contribution >= 0.6 is 0 Å². The maximum atomic E-state index is 12.8. The van der Waals surface area contributed by atoms with Crippen LogP contribution in [0.25, 0.3) is 0 Å². The zero-order chi connectivity index (χ0) is 21.9. The predicted octanol–water partition coefficient (Wildman–Crippen LogP) is 2.57. The van der Waals surface area contributed by atoms with E-state index in [1.807, 2.05) is 24.3 Å². The van der Waals surface area contributed by atoms with E-state index in [0.29, 0.717) is 13.2 Å². The molecule has 1 saturated heterocycles. The molecule has 0 unspecified atom stereocenters. The van der Waals surface area contributed by atoms with Crippen molar-refractivity contribution in [1.29, 1.82) is 0 Å². The van der Waals surface area contributed by atoms with E-state index in [1.54, 1.807) is 27.7 Å². The second kappa shape index (κ2) is 9.12. The fourth-order valence-electron chi connectivity index (χ4n) is 4.25. The number of carboxylic acid groups (broad SMARTS) is 1. The number of hydrogen-bond donors (Lipinski definition) is 2. The first-order chi connectivity index (χ1) is 14.1. The number of piperidine rings is 1. The second-order valence-electron chi connectivity index (χ2n) is 9.10. The Morgan fingerprint density at radius 2 is 2.00 bits per heavy atom. The smallest absolute Gasteiger partial charge is 0.408 e. The van der Waals surface area contributed by atoms with Gasteiger partial charge in [-0.1, -0.05) is 12.1 Å². The zero-order valence-electron chi connectivity index (χ0n) is 18.3. The Labute approximate surface area is 178 Å². The highest BCUT2D eigenvalue weighted by molar-refractivity contribution is 5.85. The van der Waals surface area contributed by atoms with Gasteiger partial charge in [0.2, 0.25) is 5.91 Å². The van der Waals surface area contributed by atoms with Crippen molar-refractivity contribution in [2.45, 2.75) is 64.3 Å². The number of ether oxygens (including phenoxy) is 2. The molecule has 2 aliphatic rings. The minimum Gasteiger partial charge on any atom is -0.486 e. The molecule has 0 saturated carbocycles. The van der Waals surface area contributed by atoms with Crippen molar-refractivity contribution in [3.63, 3.8) is 0 Å². The van der Waals surface area contributed by atoms with Crippen molar-refractivity contribution < 1.29 is 24.2 Å². The van der Waals surface area contributed by atoms with Crippen LogP contribution in [0.2, 0.25) is 0 Å². The number of para-hydroxylation sites is 2. The van der Waals surface area contributed by atoms with E-state index < -0.39 is 17.7 Å².